The van der Waals surface area contributed by atoms with Crippen molar-refractivity contribution < 1.29 is 9.63 Å². The summed E-state index contributed by atoms with van der Waals surface area (Å²) in [7, 11) is 0. The maximum Gasteiger partial charge on any atom is 0.0916 e. The third kappa shape index (κ3) is 8.77. The van der Waals surface area contributed by atoms with Crippen LogP contribution in [0.4, 0.5) is 0 Å². The van der Waals surface area contributed by atoms with E-state index < -0.39 is 6.10 Å². The first-order valence-corrected chi connectivity index (χ1v) is 11.6. The predicted molar refractivity (Wildman–Crippen MR) is 109 cm³/mol. The van der Waals surface area contributed by atoms with Gasteiger partial charge in [0.25, 0.3) is 0 Å². The number of rotatable bonds is 11. The number of aliphatic hydroxyl groups is 1. The van der Waals surface area contributed by atoms with Crippen LogP contribution in [0.2, 0.25) is 0 Å². The lowest BCUT2D eigenvalue weighted by molar-refractivity contribution is 0.125. The van der Waals surface area contributed by atoms with Gasteiger partial charge in [-0.2, -0.15) is 0 Å². The van der Waals surface area contributed by atoms with Crippen molar-refractivity contribution in [2.24, 2.45) is 0 Å². The minimum absolute atomic E-state index is 0.461. The molecule has 0 bridgehead atoms. The third-order valence-electron chi connectivity index (χ3n) is 3.35. The van der Waals surface area contributed by atoms with Gasteiger partial charge in [-0.15, -0.1) is 0 Å². The second-order valence-electron chi connectivity index (χ2n) is 5.06. The number of nitrogens with zero attached hydrogens (tertiary/aromatic N) is 1. The smallest absolute Gasteiger partial charge is 0.0916 e. The third-order valence-corrected chi connectivity index (χ3v) is 4.59. The molecule has 0 spiro atoms. The molecule has 0 amide bonds. The topological polar surface area (TPSA) is 32.7 Å². The minimum Gasteiger partial charge on any atom is -0.387 e. The van der Waals surface area contributed by atoms with Gasteiger partial charge in [0.1, 0.15) is 0 Å². The highest BCUT2D eigenvalue weighted by Gasteiger charge is 2.14. The molecule has 0 aliphatic carbocycles. The number of aliphatic hydroxyl groups excluding tert-OH is 1. The Morgan fingerprint density at radius 3 is 2.78 bits per heavy atom. The summed E-state index contributed by atoms with van der Waals surface area (Å²) in [6.45, 7) is 9.01. The van der Waals surface area contributed by atoms with Crippen molar-refractivity contribution in [2.45, 2.75) is 19.6 Å². The monoisotopic (exact) mass is 445 g/mol. The van der Waals surface area contributed by atoms with E-state index in [1.165, 1.54) is 5.56 Å². The lowest BCUT2D eigenvalue weighted by atomic mass is 10.1. The van der Waals surface area contributed by atoms with Crippen LogP contribution in [0.3, 0.4) is 0 Å². The summed E-state index contributed by atoms with van der Waals surface area (Å²) in [5.41, 5.74) is 2.06. The Morgan fingerprint density at radius 1 is 1.43 bits per heavy atom. The zero-order valence-corrected chi connectivity index (χ0v) is 16.6. The zero-order chi connectivity index (χ0) is 16.9. The standard InChI is InChI=1S/C18H25INO2P/c1-3-5-11-17(4-2)18(21)15-20(12-13-22-23-19)14-16-9-7-6-8-10-16/h3-11,18,21,23H,2,12-15H2,1H3/b5-3-,17-11+. The first-order chi connectivity index (χ1) is 11.2. The van der Waals surface area contributed by atoms with Gasteiger partial charge in [-0.05, 0) is 40.1 Å². The molecule has 0 saturated carbocycles. The molecule has 1 N–H and O–H groups in total. The van der Waals surface area contributed by atoms with Crippen molar-refractivity contribution >= 4 is 28.5 Å². The lowest BCUT2D eigenvalue weighted by Crippen LogP contribution is -2.35. The Kier molecular flexibility index (Phi) is 11.5. The summed E-state index contributed by atoms with van der Waals surface area (Å²) < 4.78 is 5.48. The Labute approximate surface area is 154 Å². The summed E-state index contributed by atoms with van der Waals surface area (Å²) in [5.74, 6) is 0. The summed E-state index contributed by atoms with van der Waals surface area (Å²) >= 11 is 2.22. The molecule has 2 atom stereocenters. The maximum atomic E-state index is 10.5. The molecule has 126 valence electrons. The quantitative estimate of drug-likeness (QED) is 0.236. The van der Waals surface area contributed by atoms with Gasteiger partial charge in [0.05, 0.1) is 19.2 Å². The van der Waals surface area contributed by atoms with Gasteiger partial charge >= 0.3 is 0 Å². The summed E-state index contributed by atoms with van der Waals surface area (Å²) in [5, 5.41) is 10.5. The molecule has 0 aliphatic rings. The molecule has 0 fully saturated rings. The number of allylic oxidation sites excluding steroid dienone is 3. The highest BCUT2D eigenvalue weighted by molar-refractivity contribution is 14.2. The van der Waals surface area contributed by atoms with E-state index in [1.807, 2.05) is 43.4 Å². The van der Waals surface area contributed by atoms with Crippen LogP contribution in [0.1, 0.15) is 12.5 Å². The predicted octanol–water partition coefficient (Wildman–Crippen LogP) is 4.50. The molecular formula is C18H25INO2P. The molecule has 2 unspecified atom stereocenters. The Balaban J connectivity index is 2.72. The number of halogens is 1. The molecule has 5 heteroatoms. The molecule has 1 rings (SSSR count). The molecule has 0 heterocycles. The molecule has 0 aromatic heterocycles. The van der Waals surface area contributed by atoms with Crippen molar-refractivity contribution in [3.8, 4) is 0 Å². The fraction of sp³-hybridized carbons (Fsp3) is 0.333. The Morgan fingerprint density at radius 2 is 2.17 bits per heavy atom. The van der Waals surface area contributed by atoms with E-state index in [2.05, 4.69) is 45.7 Å². The molecule has 3 nitrogen and oxygen atoms in total. The Hall–Kier alpha value is -0.520. The van der Waals surface area contributed by atoms with Crippen LogP contribution < -0.4 is 0 Å². The maximum absolute atomic E-state index is 10.5. The summed E-state index contributed by atoms with van der Waals surface area (Å²) in [4.78, 5) is 2.21. The molecule has 0 radical (unpaired) electrons. The van der Waals surface area contributed by atoms with Crippen LogP contribution in [0, 0.1) is 0 Å². The van der Waals surface area contributed by atoms with E-state index in [1.54, 1.807) is 6.08 Å². The number of hydrogen-bond acceptors (Lipinski definition) is 3. The van der Waals surface area contributed by atoms with E-state index in [0.29, 0.717) is 19.6 Å². The second-order valence-corrected chi connectivity index (χ2v) is 6.82. The van der Waals surface area contributed by atoms with E-state index in [4.69, 9.17) is 4.52 Å². The molecule has 1 aromatic rings. The fourth-order valence-electron chi connectivity index (χ4n) is 2.16. The molecule has 0 saturated heterocycles. The summed E-state index contributed by atoms with van der Waals surface area (Å²) in [6.07, 6.45) is 6.92. The van der Waals surface area contributed by atoms with Crippen LogP contribution in [-0.2, 0) is 11.1 Å². The van der Waals surface area contributed by atoms with Crippen molar-refractivity contribution in [3.63, 3.8) is 0 Å². The van der Waals surface area contributed by atoms with Crippen molar-refractivity contribution in [3.05, 3.63) is 72.4 Å². The lowest BCUT2D eigenvalue weighted by Gasteiger charge is -2.25. The van der Waals surface area contributed by atoms with E-state index in [0.717, 1.165) is 18.7 Å². The molecule has 1 aromatic carbocycles. The van der Waals surface area contributed by atoms with Gasteiger partial charge < -0.3 is 9.63 Å². The average molecular weight is 445 g/mol. The zero-order valence-electron chi connectivity index (χ0n) is 13.5. The van der Waals surface area contributed by atoms with Crippen molar-refractivity contribution in [1.29, 1.82) is 0 Å². The highest BCUT2D eigenvalue weighted by atomic mass is 127. The van der Waals surface area contributed by atoms with Crippen LogP contribution in [0.5, 0.6) is 0 Å². The second kappa shape index (κ2) is 12.8. The van der Waals surface area contributed by atoms with Crippen molar-refractivity contribution in [1.82, 2.24) is 4.90 Å². The van der Waals surface area contributed by atoms with Crippen LogP contribution in [0.25, 0.3) is 0 Å². The van der Waals surface area contributed by atoms with Gasteiger partial charge in [-0.1, -0.05) is 61.2 Å². The van der Waals surface area contributed by atoms with E-state index >= 15 is 0 Å². The molecule has 23 heavy (non-hydrogen) atoms. The van der Waals surface area contributed by atoms with Gasteiger partial charge in [0, 0.05) is 19.6 Å². The largest absolute Gasteiger partial charge is 0.387 e. The van der Waals surface area contributed by atoms with Gasteiger partial charge in [-0.25, -0.2) is 0 Å². The SMILES string of the molecule is C=C/C(=C\C=C/C)C(O)CN(CCOPI)Cc1ccccc1. The van der Waals surface area contributed by atoms with Crippen LogP contribution >= 0.6 is 28.5 Å². The van der Waals surface area contributed by atoms with Crippen molar-refractivity contribution in [2.75, 3.05) is 19.7 Å². The highest BCUT2D eigenvalue weighted by Crippen LogP contribution is 2.21. The van der Waals surface area contributed by atoms with Gasteiger partial charge in [0.15, 0.2) is 0 Å². The van der Waals surface area contributed by atoms with E-state index in [-0.39, 0.29) is 0 Å². The van der Waals surface area contributed by atoms with Crippen LogP contribution in [-0.4, -0.2) is 35.8 Å². The Bertz CT molecular complexity index is 505. The van der Waals surface area contributed by atoms with E-state index in [9.17, 15) is 5.11 Å². The molecule has 0 aliphatic heterocycles. The number of hydrogen-bond donors (Lipinski definition) is 1. The van der Waals surface area contributed by atoms with Gasteiger partial charge in [0.2, 0.25) is 0 Å². The fourth-order valence-corrected chi connectivity index (χ4v) is 2.99. The normalized spacial score (nSPS) is 14.2. The first kappa shape index (κ1) is 20.5. The first-order valence-electron chi connectivity index (χ1n) is 7.58. The van der Waals surface area contributed by atoms with Crippen LogP contribution in [0.15, 0.2) is 66.8 Å². The van der Waals surface area contributed by atoms with Gasteiger partial charge in [-0.3, -0.25) is 4.90 Å². The molecular weight excluding hydrogens is 420 g/mol. The minimum atomic E-state index is -0.561. The number of benzene rings is 1. The average Bonchev–Trinajstić information content (AvgIpc) is 2.56. The summed E-state index contributed by atoms with van der Waals surface area (Å²) in [6, 6.07) is 10.3.